The SMILES string of the molecule is CC(C)Oc1ccc([C@@H]2NC(=O)c3ccccc3N2)cc1. The maximum Gasteiger partial charge on any atom is 0.255 e. The number of carbonyl (C=O) groups excluding carboxylic acids is 1. The number of benzene rings is 2. The van der Waals surface area contributed by atoms with Crippen molar-refractivity contribution in [2.75, 3.05) is 5.32 Å². The Labute approximate surface area is 124 Å². The maximum absolute atomic E-state index is 12.1. The molecule has 3 rings (SSSR count). The Balaban J connectivity index is 1.81. The lowest BCUT2D eigenvalue weighted by Crippen LogP contribution is -2.38. The van der Waals surface area contributed by atoms with Crippen LogP contribution in [0.5, 0.6) is 5.75 Å². The summed E-state index contributed by atoms with van der Waals surface area (Å²) in [7, 11) is 0. The molecule has 21 heavy (non-hydrogen) atoms. The number of fused-ring (bicyclic) bond motifs is 1. The van der Waals surface area contributed by atoms with Crippen molar-refractivity contribution in [3.63, 3.8) is 0 Å². The van der Waals surface area contributed by atoms with Gasteiger partial charge in [0.2, 0.25) is 0 Å². The van der Waals surface area contributed by atoms with Gasteiger partial charge in [0.1, 0.15) is 11.9 Å². The Bertz CT molecular complexity index is 650. The smallest absolute Gasteiger partial charge is 0.255 e. The normalized spacial score (nSPS) is 16.9. The molecule has 0 aliphatic carbocycles. The number of nitrogens with one attached hydrogen (secondary N) is 2. The minimum Gasteiger partial charge on any atom is -0.491 e. The van der Waals surface area contributed by atoms with Gasteiger partial charge in [-0.15, -0.1) is 0 Å². The lowest BCUT2D eigenvalue weighted by atomic mass is 10.1. The molecule has 1 heterocycles. The number of carbonyl (C=O) groups is 1. The molecule has 2 aromatic carbocycles. The highest BCUT2D eigenvalue weighted by Crippen LogP contribution is 2.27. The third-order valence-electron chi connectivity index (χ3n) is 3.33. The molecule has 0 radical (unpaired) electrons. The Morgan fingerprint density at radius 1 is 1.00 bits per heavy atom. The molecule has 2 aromatic rings. The summed E-state index contributed by atoms with van der Waals surface area (Å²) in [4.78, 5) is 12.1. The fourth-order valence-electron chi connectivity index (χ4n) is 2.39. The van der Waals surface area contributed by atoms with E-state index in [2.05, 4.69) is 10.6 Å². The zero-order valence-corrected chi connectivity index (χ0v) is 12.1. The molecule has 4 heteroatoms. The summed E-state index contributed by atoms with van der Waals surface area (Å²) in [6, 6.07) is 15.3. The molecule has 0 saturated heterocycles. The number of amides is 1. The average Bonchev–Trinajstić information content (AvgIpc) is 2.47. The molecule has 0 unspecified atom stereocenters. The van der Waals surface area contributed by atoms with Crippen molar-refractivity contribution >= 4 is 11.6 Å². The molecule has 0 saturated carbocycles. The van der Waals surface area contributed by atoms with Crippen LogP contribution in [-0.2, 0) is 0 Å². The maximum atomic E-state index is 12.1. The quantitative estimate of drug-likeness (QED) is 0.908. The van der Waals surface area contributed by atoms with Gasteiger partial charge in [-0.2, -0.15) is 0 Å². The van der Waals surface area contributed by atoms with E-state index in [0.717, 1.165) is 17.0 Å². The van der Waals surface area contributed by atoms with E-state index < -0.39 is 0 Å². The van der Waals surface area contributed by atoms with Crippen molar-refractivity contribution in [3.05, 3.63) is 59.7 Å². The third kappa shape index (κ3) is 2.84. The topological polar surface area (TPSA) is 50.4 Å². The third-order valence-corrected chi connectivity index (χ3v) is 3.33. The molecule has 1 aliphatic rings. The number of rotatable bonds is 3. The number of ether oxygens (including phenoxy) is 1. The van der Waals surface area contributed by atoms with Crippen LogP contribution in [0.3, 0.4) is 0 Å². The first-order valence-corrected chi connectivity index (χ1v) is 7.06. The standard InChI is InChI=1S/C17H18N2O2/c1-11(2)21-13-9-7-12(8-10-13)16-18-15-6-4-3-5-14(15)17(20)19-16/h3-11,16,18H,1-2H3,(H,19,20)/t16-/m0/s1. The molecule has 2 N–H and O–H groups in total. The lowest BCUT2D eigenvalue weighted by molar-refractivity contribution is 0.0935. The van der Waals surface area contributed by atoms with Gasteiger partial charge in [0.25, 0.3) is 5.91 Å². The van der Waals surface area contributed by atoms with Crippen molar-refractivity contribution in [1.29, 1.82) is 0 Å². The van der Waals surface area contributed by atoms with Crippen LogP contribution in [0.4, 0.5) is 5.69 Å². The summed E-state index contributed by atoms with van der Waals surface area (Å²) >= 11 is 0. The second-order valence-corrected chi connectivity index (χ2v) is 5.33. The van der Waals surface area contributed by atoms with E-state index in [-0.39, 0.29) is 18.2 Å². The molecule has 0 fully saturated rings. The molecule has 0 spiro atoms. The van der Waals surface area contributed by atoms with Gasteiger partial charge < -0.3 is 15.4 Å². The highest BCUT2D eigenvalue weighted by molar-refractivity contribution is 6.01. The predicted molar refractivity (Wildman–Crippen MR) is 82.5 cm³/mol. The van der Waals surface area contributed by atoms with Gasteiger partial charge in [0.15, 0.2) is 0 Å². The first-order chi connectivity index (χ1) is 10.1. The van der Waals surface area contributed by atoms with Gasteiger partial charge in [0, 0.05) is 5.69 Å². The number of hydrogen-bond donors (Lipinski definition) is 2. The van der Waals surface area contributed by atoms with Gasteiger partial charge in [-0.3, -0.25) is 4.79 Å². The predicted octanol–water partition coefficient (Wildman–Crippen LogP) is 3.33. The number of para-hydroxylation sites is 1. The van der Waals surface area contributed by atoms with E-state index >= 15 is 0 Å². The minimum atomic E-state index is -0.222. The summed E-state index contributed by atoms with van der Waals surface area (Å²) < 4.78 is 5.63. The van der Waals surface area contributed by atoms with Crippen LogP contribution in [0.15, 0.2) is 48.5 Å². The summed E-state index contributed by atoms with van der Waals surface area (Å²) in [5.41, 5.74) is 2.52. The van der Waals surface area contributed by atoms with E-state index in [9.17, 15) is 4.79 Å². The van der Waals surface area contributed by atoms with E-state index in [1.165, 1.54) is 0 Å². The van der Waals surface area contributed by atoms with Crippen molar-refractivity contribution < 1.29 is 9.53 Å². The Hall–Kier alpha value is -2.49. The van der Waals surface area contributed by atoms with Crippen LogP contribution in [0.2, 0.25) is 0 Å². The molecule has 108 valence electrons. The second kappa shape index (κ2) is 5.48. The largest absolute Gasteiger partial charge is 0.491 e. The molecule has 4 nitrogen and oxygen atoms in total. The van der Waals surface area contributed by atoms with Crippen molar-refractivity contribution in [2.24, 2.45) is 0 Å². The molecule has 1 aliphatic heterocycles. The van der Waals surface area contributed by atoms with Crippen LogP contribution in [-0.4, -0.2) is 12.0 Å². The summed E-state index contributed by atoms with van der Waals surface area (Å²) in [5, 5.41) is 6.29. The van der Waals surface area contributed by atoms with Gasteiger partial charge in [-0.05, 0) is 43.7 Å². The van der Waals surface area contributed by atoms with Gasteiger partial charge in [-0.25, -0.2) is 0 Å². The molecule has 0 bridgehead atoms. The lowest BCUT2D eigenvalue weighted by Gasteiger charge is -2.28. The molecule has 1 amide bonds. The van der Waals surface area contributed by atoms with Crippen molar-refractivity contribution in [1.82, 2.24) is 5.32 Å². The van der Waals surface area contributed by atoms with Crippen LogP contribution in [0.25, 0.3) is 0 Å². The van der Waals surface area contributed by atoms with E-state index in [1.807, 2.05) is 62.4 Å². The van der Waals surface area contributed by atoms with Crippen LogP contribution >= 0.6 is 0 Å². The monoisotopic (exact) mass is 282 g/mol. The summed E-state index contributed by atoms with van der Waals surface area (Å²) in [5.74, 6) is 0.771. The fourth-order valence-corrected chi connectivity index (χ4v) is 2.39. The van der Waals surface area contributed by atoms with Crippen LogP contribution in [0, 0.1) is 0 Å². The van der Waals surface area contributed by atoms with Gasteiger partial charge in [-0.1, -0.05) is 24.3 Å². The van der Waals surface area contributed by atoms with E-state index in [4.69, 9.17) is 4.74 Å². The summed E-state index contributed by atoms with van der Waals surface area (Å²) in [6.45, 7) is 3.99. The fraction of sp³-hybridized carbons (Fsp3) is 0.235. The Kier molecular flexibility index (Phi) is 3.52. The highest BCUT2D eigenvalue weighted by atomic mass is 16.5. The zero-order chi connectivity index (χ0) is 14.8. The van der Waals surface area contributed by atoms with Crippen molar-refractivity contribution in [3.8, 4) is 5.75 Å². The zero-order valence-electron chi connectivity index (χ0n) is 12.1. The summed E-state index contributed by atoms with van der Waals surface area (Å²) in [6.07, 6.45) is -0.0734. The van der Waals surface area contributed by atoms with Crippen LogP contribution in [0.1, 0.15) is 35.9 Å². The highest BCUT2D eigenvalue weighted by Gasteiger charge is 2.23. The van der Waals surface area contributed by atoms with E-state index in [1.54, 1.807) is 0 Å². The molecular weight excluding hydrogens is 264 g/mol. The number of anilines is 1. The Morgan fingerprint density at radius 2 is 1.71 bits per heavy atom. The van der Waals surface area contributed by atoms with Gasteiger partial charge >= 0.3 is 0 Å². The Morgan fingerprint density at radius 3 is 2.43 bits per heavy atom. The first kappa shape index (κ1) is 13.5. The van der Waals surface area contributed by atoms with Gasteiger partial charge in [0.05, 0.1) is 11.7 Å². The first-order valence-electron chi connectivity index (χ1n) is 7.06. The van der Waals surface area contributed by atoms with E-state index in [0.29, 0.717) is 5.56 Å². The average molecular weight is 282 g/mol. The second-order valence-electron chi connectivity index (χ2n) is 5.33. The molecular formula is C17H18N2O2. The molecule has 0 aromatic heterocycles. The minimum absolute atomic E-state index is 0.0585. The number of hydrogen-bond acceptors (Lipinski definition) is 3. The van der Waals surface area contributed by atoms with Crippen molar-refractivity contribution in [2.45, 2.75) is 26.1 Å². The van der Waals surface area contributed by atoms with Crippen LogP contribution < -0.4 is 15.4 Å². The molecule has 1 atom stereocenters.